The number of aliphatic hydroxyl groups is 1. The fourth-order valence-electron chi connectivity index (χ4n) is 1.20. The van der Waals surface area contributed by atoms with E-state index in [1.54, 1.807) is 6.07 Å². The Balaban J connectivity index is 2.49. The maximum absolute atomic E-state index is 10.8. The molecular weight excluding hydrogens is 226 g/mol. The van der Waals surface area contributed by atoms with Crippen LogP contribution in [0.1, 0.15) is 10.4 Å². The van der Waals surface area contributed by atoms with Gasteiger partial charge in [0.25, 0.3) is 0 Å². The van der Waals surface area contributed by atoms with E-state index in [-0.39, 0.29) is 31.1 Å². The molecule has 0 amide bonds. The number of nitrogens with two attached hydrogens (primary N) is 1. The van der Waals surface area contributed by atoms with Gasteiger partial charge in [-0.3, -0.25) is 0 Å². The Morgan fingerprint density at radius 2 is 2.06 bits per heavy atom. The molecule has 17 heavy (non-hydrogen) atoms. The predicted octanol–water partition coefficient (Wildman–Crippen LogP) is 0.355. The Morgan fingerprint density at radius 1 is 1.29 bits per heavy atom. The fraction of sp³-hybridized carbons (Fsp3) is 0.364. The highest BCUT2D eigenvalue weighted by atomic mass is 16.5. The molecule has 0 atom stereocenters. The van der Waals surface area contributed by atoms with Gasteiger partial charge in [0, 0.05) is 5.69 Å². The molecule has 6 heteroatoms. The minimum absolute atomic E-state index is 0.0128. The van der Waals surface area contributed by atoms with Crippen LogP contribution in [-0.4, -0.2) is 42.6 Å². The summed E-state index contributed by atoms with van der Waals surface area (Å²) >= 11 is 0. The Hall–Kier alpha value is -1.79. The number of benzene rings is 1. The van der Waals surface area contributed by atoms with Gasteiger partial charge in [0.15, 0.2) is 0 Å². The van der Waals surface area contributed by atoms with Gasteiger partial charge in [-0.15, -0.1) is 0 Å². The molecule has 1 rings (SSSR count). The molecule has 0 fully saturated rings. The third-order valence-corrected chi connectivity index (χ3v) is 1.99. The molecule has 0 aliphatic carbocycles. The average Bonchev–Trinajstić information content (AvgIpc) is 2.30. The summed E-state index contributed by atoms with van der Waals surface area (Å²) in [5.74, 6) is -0.673. The van der Waals surface area contributed by atoms with Gasteiger partial charge in [-0.1, -0.05) is 0 Å². The second-order valence-corrected chi connectivity index (χ2v) is 3.24. The number of ether oxygens (including phenoxy) is 2. The molecule has 0 saturated carbocycles. The number of carboxylic acids is 1. The molecule has 0 radical (unpaired) electrons. The standard InChI is InChI=1S/C11H15NO5/c12-10-2-1-8(7-9(10)11(14)15)17-6-5-16-4-3-13/h1-2,7,13H,3-6,12H2,(H,14,15). The van der Waals surface area contributed by atoms with Crippen molar-refractivity contribution in [2.75, 3.05) is 32.2 Å². The number of nitrogen functional groups attached to an aromatic ring is 1. The topological polar surface area (TPSA) is 102 Å². The molecule has 94 valence electrons. The van der Waals surface area contributed by atoms with Crippen LogP contribution in [0.3, 0.4) is 0 Å². The van der Waals surface area contributed by atoms with Crippen molar-refractivity contribution in [3.8, 4) is 5.75 Å². The number of rotatable bonds is 7. The van der Waals surface area contributed by atoms with Crippen LogP contribution in [0.4, 0.5) is 5.69 Å². The molecule has 1 aromatic carbocycles. The SMILES string of the molecule is Nc1ccc(OCCOCCO)cc1C(=O)O. The van der Waals surface area contributed by atoms with E-state index in [0.717, 1.165) is 0 Å². The summed E-state index contributed by atoms with van der Waals surface area (Å²) < 4.78 is 10.3. The first kappa shape index (κ1) is 13.3. The lowest BCUT2D eigenvalue weighted by atomic mass is 10.2. The van der Waals surface area contributed by atoms with Gasteiger partial charge < -0.3 is 25.4 Å². The van der Waals surface area contributed by atoms with Crippen LogP contribution in [0.15, 0.2) is 18.2 Å². The Kier molecular flexibility index (Phi) is 5.25. The van der Waals surface area contributed by atoms with Crippen LogP contribution in [-0.2, 0) is 4.74 Å². The van der Waals surface area contributed by atoms with Crippen molar-refractivity contribution < 1.29 is 24.5 Å². The highest BCUT2D eigenvalue weighted by molar-refractivity contribution is 5.94. The van der Waals surface area contributed by atoms with Gasteiger partial charge in [0.05, 0.1) is 25.4 Å². The number of anilines is 1. The predicted molar refractivity (Wildman–Crippen MR) is 61.2 cm³/mol. The first-order valence-electron chi connectivity index (χ1n) is 5.09. The molecule has 6 nitrogen and oxygen atoms in total. The highest BCUT2D eigenvalue weighted by Crippen LogP contribution is 2.19. The molecule has 0 saturated heterocycles. The van der Waals surface area contributed by atoms with E-state index in [1.807, 2.05) is 0 Å². The molecule has 1 aromatic rings. The van der Waals surface area contributed by atoms with E-state index in [0.29, 0.717) is 12.4 Å². The van der Waals surface area contributed by atoms with Crippen LogP contribution in [0.25, 0.3) is 0 Å². The fourth-order valence-corrected chi connectivity index (χ4v) is 1.20. The molecule has 4 N–H and O–H groups in total. The van der Waals surface area contributed by atoms with Crippen molar-refractivity contribution in [2.45, 2.75) is 0 Å². The van der Waals surface area contributed by atoms with Gasteiger partial charge >= 0.3 is 5.97 Å². The summed E-state index contributed by atoms with van der Waals surface area (Å²) in [5, 5.41) is 17.3. The van der Waals surface area contributed by atoms with E-state index >= 15 is 0 Å². The van der Waals surface area contributed by atoms with Crippen molar-refractivity contribution in [3.05, 3.63) is 23.8 Å². The normalized spacial score (nSPS) is 10.2. The first-order valence-corrected chi connectivity index (χ1v) is 5.09. The highest BCUT2D eigenvalue weighted by Gasteiger charge is 2.08. The summed E-state index contributed by atoms with van der Waals surface area (Å²) in [7, 11) is 0. The Labute approximate surface area is 98.6 Å². The second kappa shape index (κ2) is 6.72. The van der Waals surface area contributed by atoms with Crippen LogP contribution in [0.2, 0.25) is 0 Å². The quantitative estimate of drug-likeness (QED) is 0.470. The lowest BCUT2D eigenvalue weighted by Gasteiger charge is -2.08. The molecule has 0 spiro atoms. The van der Waals surface area contributed by atoms with Gasteiger partial charge in [0.2, 0.25) is 0 Å². The molecule has 0 bridgehead atoms. The monoisotopic (exact) mass is 241 g/mol. The zero-order valence-electron chi connectivity index (χ0n) is 9.26. The van der Waals surface area contributed by atoms with E-state index in [4.69, 9.17) is 25.4 Å². The first-order chi connectivity index (χ1) is 8.15. The lowest BCUT2D eigenvalue weighted by Crippen LogP contribution is -2.10. The van der Waals surface area contributed by atoms with Crippen molar-refractivity contribution in [1.82, 2.24) is 0 Å². The van der Waals surface area contributed by atoms with Gasteiger partial charge in [-0.25, -0.2) is 4.79 Å². The summed E-state index contributed by atoms with van der Waals surface area (Å²) in [6, 6.07) is 4.44. The minimum Gasteiger partial charge on any atom is -0.491 e. The van der Waals surface area contributed by atoms with Crippen LogP contribution < -0.4 is 10.5 Å². The van der Waals surface area contributed by atoms with E-state index in [9.17, 15) is 4.79 Å². The zero-order chi connectivity index (χ0) is 12.7. The Bertz CT molecular complexity index is 380. The van der Waals surface area contributed by atoms with Crippen molar-refractivity contribution in [2.24, 2.45) is 0 Å². The van der Waals surface area contributed by atoms with Crippen LogP contribution >= 0.6 is 0 Å². The zero-order valence-corrected chi connectivity index (χ0v) is 9.26. The maximum Gasteiger partial charge on any atom is 0.337 e. The van der Waals surface area contributed by atoms with Crippen molar-refractivity contribution in [3.63, 3.8) is 0 Å². The number of aromatic carboxylic acids is 1. The summed E-state index contributed by atoms with van der Waals surface area (Å²) in [4.78, 5) is 10.8. The number of carboxylic acid groups (broad SMARTS) is 1. The van der Waals surface area contributed by atoms with Crippen molar-refractivity contribution in [1.29, 1.82) is 0 Å². The number of aliphatic hydroxyl groups excluding tert-OH is 1. The lowest BCUT2D eigenvalue weighted by molar-refractivity contribution is 0.0688. The molecule has 0 aromatic heterocycles. The molecule has 0 aliphatic heterocycles. The van der Waals surface area contributed by atoms with Gasteiger partial charge in [-0.2, -0.15) is 0 Å². The largest absolute Gasteiger partial charge is 0.491 e. The summed E-state index contributed by atoms with van der Waals surface area (Å²) in [6.45, 7) is 0.826. The summed E-state index contributed by atoms with van der Waals surface area (Å²) in [5.41, 5.74) is 5.70. The van der Waals surface area contributed by atoms with Crippen molar-refractivity contribution >= 4 is 11.7 Å². The molecule has 0 aliphatic rings. The van der Waals surface area contributed by atoms with Crippen LogP contribution in [0, 0.1) is 0 Å². The third-order valence-electron chi connectivity index (χ3n) is 1.99. The second-order valence-electron chi connectivity index (χ2n) is 3.24. The Morgan fingerprint density at radius 3 is 2.71 bits per heavy atom. The van der Waals surface area contributed by atoms with Gasteiger partial charge in [-0.05, 0) is 18.2 Å². The number of hydrogen-bond donors (Lipinski definition) is 3. The maximum atomic E-state index is 10.8. The molecule has 0 unspecified atom stereocenters. The number of carbonyl (C=O) groups is 1. The third kappa shape index (κ3) is 4.29. The van der Waals surface area contributed by atoms with Gasteiger partial charge in [0.1, 0.15) is 12.4 Å². The minimum atomic E-state index is -1.09. The number of hydrogen-bond acceptors (Lipinski definition) is 5. The smallest absolute Gasteiger partial charge is 0.337 e. The van der Waals surface area contributed by atoms with E-state index in [2.05, 4.69) is 0 Å². The van der Waals surface area contributed by atoms with Crippen LogP contribution in [0.5, 0.6) is 5.75 Å². The summed E-state index contributed by atoms with van der Waals surface area (Å²) in [6.07, 6.45) is 0. The van der Waals surface area contributed by atoms with E-state index in [1.165, 1.54) is 12.1 Å². The molecular formula is C11H15NO5. The molecule has 0 heterocycles. The van der Waals surface area contributed by atoms with E-state index < -0.39 is 5.97 Å². The average molecular weight is 241 g/mol.